The Morgan fingerprint density at radius 1 is 1.33 bits per heavy atom. The van der Waals surface area contributed by atoms with Gasteiger partial charge in [-0.25, -0.2) is 4.85 Å². The van der Waals surface area contributed by atoms with Crippen LogP contribution in [-0.2, 0) is 4.79 Å². The highest BCUT2D eigenvalue weighted by atomic mass is 35.5. The minimum absolute atomic E-state index is 0.105. The zero-order valence-electron chi connectivity index (χ0n) is 15.3. The van der Waals surface area contributed by atoms with Crippen molar-refractivity contribution in [3.8, 4) is 0 Å². The van der Waals surface area contributed by atoms with Crippen LogP contribution in [0.25, 0.3) is 27.5 Å². The predicted molar refractivity (Wildman–Crippen MR) is 110 cm³/mol. The Morgan fingerprint density at radius 3 is 2.81 bits per heavy atom. The van der Waals surface area contributed by atoms with Crippen LogP contribution in [0.2, 0.25) is 5.02 Å². The molecule has 27 heavy (non-hydrogen) atoms. The van der Waals surface area contributed by atoms with Crippen LogP contribution in [-0.4, -0.2) is 15.9 Å². The summed E-state index contributed by atoms with van der Waals surface area (Å²) < 4.78 is 0. The molecular weight excluding hydrogens is 360 g/mol. The van der Waals surface area contributed by atoms with Crippen LogP contribution >= 0.6 is 11.6 Å². The summed E-state index contributed by atoms with van der Waals surface area (Å²) in [5.41, 5.74) is 2.83. The van der Waals surface area contributed by atoms with Crippen molar-refractivity contribution in [2.24, 2.45) is 5.41 Å². The Kier molecular flexibility index (Phi) is 5.02. The minimum atomic E-state index is -0.527. The fraction of sp³-hybridized carbons (Fsp3) is 0.190. The molecule has 2 heterocycles. The molecule has 1 amide bonds. The zero-order valence-corrected chi connectivity index (χ0v) is 16.1. The average Bonchev–Trinajstić information content (AvgIpc) is 3.03. The maximum Gasteiger partial charge on any atom is 0.229 e. The number of hydrogen-bond acceptors (Lipinski definition) is 2. The van der Waals surface area contributed by atoms with E-state index in [1.807, 2.05) is 32.9 Å². The number of hydrogen-bond donors (Lipinski definition) is 2. The van der Waals surface area contributed by atoms with Gasteiger partial charge in [0, 0.05) is 45.2 Å². The van der Waals surface area contributed by atoms with Gasteiger partial charge in [-0.15, -0.1) is 0 Å². The van der Waals surface area contributed by atoms with Crippen LogP contribution in [0.3, 0.4) is 0 Å². The third kappa shape index (κ3) is 4.02. The normalized spacial score (nSPS) is 12.0. The first kappa shape index (κ1) is 18.7. The first-order valence-electron chi connectivity index (χ1n) is 8.41. The minimum Gasteiger partial charge on any atom is -0.362 e. The Labute approximate surface area is 162 Å². The number of halogens is 1. The van der Waals surface area contributed by atoms with Gasteiger partial charge in [0.2, 0.25) is 5.91 Å². The first-order valence-corrected chi connectivity index (χ1v) is 8.79. The number of rotatable bonds is 3. The van der Waals surface area contributed by atoms with E-state index >= 15 is 0 Å². The van der Waals surface area contributed by atoms with Gasteiger partial charge in [-0.05, 0) is 41.9 Å². The smallest absolute Gasteiger partial charge is 0.229 e. The molecule has 0 aliphatic carbocycles. The van der Waals surface area contributed by atoms with E-state index in [0.29, 0.717) is 22.0 Å². The van der Waals surface area contributed by atoms with Crippen molar-refractivity contribution in [3.63, 3.8) is 0 Å². The number of amides is 1. The highest BCUT2D eigenvalue weighted by Gasteiger charge is 2.22. The molecule has 0 bridgehead atoms. The molecule has 0 saturated carbocycles. The second-order valence-corrected chi connectivity index (χ2v) is 7.64. The maximum atomic E-state index is 12.4. The highest BCUT2D eigenvalue weighted by Crippen LogP contribution is 2.31. The number of carbonyl (C=O) groups is 1. The molecular formula is C21H19ClN4O. The molecule has 0 fully saturated rings. The van der Waals surface area contributed by atoms with E-state index in [1.165, 1.54) is 0 Å². The van der Waals surface area contributed by atoms with Gasteiger partial charge >= 0.3 is 0 Å². The summed E-state index contributed by atoms with van der Waals surface area (Å²) in [6, 6.07) is 7.23. The number of benzene rings is 1. The second kappa shape index (κ2) is 7.26. The molecule has 6 heteroatoms. The predicted octanol–water partition coefficient (Wildman–Crippen LogP) is 5.62. The van der Waals surface area contributed by atoms with Gasteiger partial charge in [-0.1, -0.05) is 32.4 Å². The van der Waals surface area contributed by atoms with E-state index in [9.17, 15) is 4.79 Å². The molecule has 0 spiro atoms. The number of nitrogens with one attached hydrogen (secondary N) is 2. The number of aromatic amines is 1. The summed E-state index contributed by atoms with van der Waals surface area (Å²) in [4.78, 5) is 23.3. The number of carbonyl (C=O) groups excluding carboxylic acids is 1. The monoisotopic (exact) mass is 378 g/mol. The number of aromatic nitrogens is 2. The molecule has 3 aromatic rings. The Morgan fingerprint density at radius 2 is 2.11 bits per heavy atom. The SMILES string of the molecule is [C-]#[N+]/C(=C\c1cnccc1NC(=O)C(C)(C)C)c1c[nH]c2ccc(Cl)cc12. The lowest BCUT2D eigenvalue weighted by Gasteiger charge is -2.18. The number of anilines is 1. The van der Waals surface area contributed by atoms with E-state index in [0.717, 1.165) is 16.5 Å². The van der Waals surface area contributed by atoms with Gasteiger partial charge in [0.05, 0.1) is 6.57 Å². The lowest BCUT2D eigenvalue weighted by molar-refractivity contribution is -0.123. The molecule has 0 saturated heterocycles. The number of fused-ring (bicyclic) bond motifs is 1. The van der Waals surface area contributed by atoms with Gasteiger partial charge < -0.3 is 10.3 Å². The molecule has 0 radical (unpaired) electrons. The van der Waals surface area contributed by atoms with Gasteiger partial charge in [0.15, 0.2) is 5.70 Å². The third-order valence-electron chi connectivity index (χ3n) is 4.11. The summed E-state index contributed by atoms with van der Waals surface area (Å²) in [6.45, 7) is 13.2. The molecule has 136 valence electrons. The molecule has 1 aromatic carbocycles. The molecule has 0 aliphatic heterocycles. The number of H-pyrrole nitrogens is 1. The van der Waals surface area contributed by atoms with Gasteiger partial charge in [0.1, 0.15) is 0 Å². The number of pyridine rings is 1. The number of nitrogens with zero attached hydrogens (tertiary/aromatic N) is 2. The lowest BCUT2D eigenvalue weighted by Crippen LogP contribution is -2.27. The summed E-state index contributed by atoms with van der Waals surface area (Å²) in [5.74, 6) is -0.105. The van der Waals surface area contributed by atoms with Crippen LogP contribution in [0.15, 0.2) is 42.9 Å². The molecule has 0 unspecified atom stereocenters. The first-order chi connectivity index (χ1) is 12.8. The van der Waals surface area contributed by atoms with Gasteiger partial charge in [-0.3, -0.25) is 9.78 Å². The molecule has 0 aliphatic rings. The van der Waals surface area contributed by atoms with Crippen molar-refractivity contribution in [1.82, 2.24) is 9.97 Å². The van der Waals surface area contributed by atoms with E-state index in [-0.39, 0.29) is 5.91 Å². The van der Waals surface area contributed by atoms with E-state index in [2.05, 4.69) is 20.1 Å². The van der Waals surface area contributed by atoms with Crippen molar-refractivity contribution < 1.29 is 4.79 Å². The largest absolute Gasteiger partial charge is 0.362 e. The van der Waals surface area contributed by atoms with Crippen molar-refractivity contribution in [3.05, 3.63) is 70.4 Å². The molecule has 2 aromatic heterocycles. The summed E-state index contributed by atoms with van der Waals surface area (Å²) in [7, 11) is 0. The summed E-state index contributed by atoms with van der Waals surface area (Å²) in [5, 5.41) is 4.39. The van der Waals surface area contributed by atoms with E-state index in [1.54, 1.807) is 36.8 Å². The van der Waals surface area contributed by atoms with E-state index < -0.39 is 5.41 Å². The standard InChI is InChI=1S/C21H19ClN4O/c1-21(2,3)20(27)26-17-7-8-24-11-13(17)9-19(23-4)16-12-25-18-6-5-14(22)10-15(16)18/h5-12,25H,1-3H3,(H,24,26,27)/b19-9-. The second-order valence-electron chi connectivity index (χ2n) is 7.20. The van der Waals surface area contributed by atoms with Gasteiger partial charge in [-0.2, -0.15) is 0 Å². The van der Waals surface area contributed by atoms with Crippen molar-refractivity contribution >= 4 is 45.9 Å². The summed E-state index contributed by atoms with van der Waals surface area (Å²) in [6.07, 6.45) is 6.75. The van der Waals surface area contributed by atoms with Crippen LogP contribution in [0.1, 0.15) is 31.9 Å². The summed E-state index contributed by atoms with van der Waals surface area (Å²) >= 11 is 6.11. The van der Waals surface area contributed by atoms with E-state index in [4.69, 9.17) is 18.2 Å². The van der Waals surface area contributed by atoms with Crippen LogP contribution in [0.4, 0.5) is 5.69 Å². The highest BCUT2D eigenvalue weighted by molar-refractivity contribution is 6.31. The van der Waals surface area contributed by atoms with Gasteiger partial charge in [0.25, 0.3) is 0 Å². The van der Waals surface area contributed by atoms with Crippen molar-refractivity contribution in [2.75, 3.05) is 5.32 Å². The Balaban J connectivity index is 2.05. The lowest BCUT2D eigenvalue weighted by atomic mass is 9.95. The molecule has 5 nitrogen and oxygen atoms in total. The maximum absolute atomic E-state index is 12.4. The van der Waals surface area contributed by atoms with Crippen LogP contribution in [0.5, 0.6) is 0 Å². The topological polar surface area (TPSA) is 62.1 Å². The van der Waals surface area contributed by atoms with Crippen LogP contribution in [0, 0.1) is 12.0 Å². The fourth-order valence-electron chi connectivity index (χ4n) is 2.57. The zero-order chi connectivity index (χ0) is 19.6. The Bertz CT molecular complexity index is 1080. The third-order valence-corrected chi connectivity index (χ3v) is 4.35. The molecule has 0 atom stereocenters. The quantitative estimate of drug-likeness (QED) is 0.581. The Hall–Kier alpha value is -3.10. The van der Waals surface area contributed by atoms with Crippen molar-refractivity contribution in [1.29, 1.82) is 0 Å². The van der Waals surface area contributed by atoms with Crippen molar-refractivity contribution in [2.45, 2.75) is 20.8 Å². The van der Waals surface area contributed by atoms with Crippen LogP contribution < -0.4 is 5.32 Å². The molecule has 3 rings (SSSR count). The average molecular weight is 379 g/mol. The molecule has 2 N–H and O–H groups in total. The fourth-order valence-corrected chi connectivity index (χ4v) is 2.74.